The normalized spacial score (nSPS) is 11.3. The zero-order chi connectivity index (χ0) is 16.1. The molecule has 1 amide bonds. The molecule has 0 radical (unpaired) electrons. The van der Waals surface area contributed by atoms with Gasteiger partial charge < -0.3 is 9.84 Å². The van der Waals surface area contributed by atoms with Gasteiger partial charge in [0.1, 0.15) is 6.61 Å². The molecule has 0 spiro atoms. The first-order chi connectivity index (χ1) is 10.5. The second-order valence-corrected chi connectivity index (χ2v) is 5.01. The lowest BCUT2D eigenvalue weighted by Gasteiger charge is -2.13. The smallest absolute Gasteiger partial charge is 0.411 e. The maximum absolute atomic E-state index is 10.8. The minimum atomic E-state index is -1.01. The van der Waals surface area contributed by atoms with E-state index in [0.717, 1.165) is 10.6 Å². The van der Waals surface area contributed by atoms with Crippen molar-refractivity contribution in [2.75, 3.05) is 13.7 Å². The van der Waals surface area contributed by atoms with Gasteiger partial charge in [0.05, 0.1) is 5.69 Å². The van der Waals surface area contributed by atoms with Gasteiger partial charge in [-0.2, -0.15) is 0 Å². The molecule has 116 valence electrons. The molecule has 1 heterocycles. The van der Waals surface area contributed by atoms with Crippen molar-refractivity contribution in [3.8, 4) is 11.6 Å². The maximum Gasteiger partial charge on any atom is 0.411 e. The summed E-state index contributed by atoms with van der Waals surface area (Å²) in [5.74, 6) is 0.456. The van der Waals surface area contributed by atoms with Crippen LogP contribution in [-0.4, -0.2) is 39.5 Å². The van der Waals surface area contributed by atoms with E-state index >= 15 is 0 Å². The van der Waals surface area contributed by atoms with Crippen molar-refractivity contribution >= 4 is 17.7 Å². The van der Waals surface area contributed by atoms with Gasteiger partial charge in [0.25, 0.3) is 0 Å². The molecular formula is C15H16ClN3O3. The number of carbonyl (C=O) groups is 1. The molecule has 2 aromatic rings. The summed E-state index contributed by atoms with van der Waals surface area (Å²) in [5.41, 5.74) is 1.46. The summed E-state index contributed by atoms with van der Waals surface area (Å²) in [5, 5.41) is 13.8. The largest absolute Gasteiger partial charge is 0.472 e. The fraction of sp³-hybridized carbons (Fsp3) is 0.200. The second-order valence-electron chi connectivity index (χ2n) is 4.57. The molecule has 0 aliphatic heterocycles. The lowest BCUT2D eigenvalue weighted by molar-refractivity contribution is 0.166. The van der Waals surface area contributed by atoms with Crippen LogP contribution in [0.5, 0.6) is 5.88 Å². The highest BCUT2D eigenvalue weighted by atomic mass is 35.5. The SMILES string of the molecule is C/C(=C/COc1ccn(-c2ccc(Cl)cc2)n1)N(C)C(=O)O. The fourth-order valence-electron chi connectivity index (χ4n) is 1.66. The Kier molecular flexibility index (Phi) is 5.06. The van der Waals surface area contributed by atoms with Crippen LogP contribution < -0.4 is 4.74 Å². The third-order valence-electron chi connectivity index (χ3n) is 3.08. The van der Waals surface area contributed by atoms with Gasteiger partial charge in [-0.15, -0.1) is 5.10 Å². The molecule has 0 aliphatic rings. The lowest BCUT2D eigenvalue weighted by Crippen LogP contribution is -2.22. The fourth-order valence-corrected chi connectivity index (χ4v) is 1.78. The van der Waals surface area contributed by atoms with E-state index in [1.54, 1.807) is 42.1 Å². The predicted molar refractivity (Wildman–Crippen MR) is 83.6 cm³/mol. The molecule has 1 N–H and O–H groups in total. The molecule has 0 atom stereocenters. The van der Waals surface area contributed by atoms with Gasteiger partial charge in [0, 0.05) is 30.0 Å². The Morgan fingerprint density at radius 1 is 1.41 bits per heavy atom. The summed E-state index contributed by atoms with van der Waals surface area (Å²) in [7, 11) is 1.48. The van der Waals surface area contributed by atoms with E-state index in [-0.39, 0.29) is 6.61 Å². The van der Waals surface area contributed by atoms with Crippen LogP contribution in [0.3, 0.4) is 0 Å². The van der Waals surface area contributed by atoms with Gasteiger partial charge in [0.15, 0.2) is 0 Å². The molecule has 7 heteroatoms. The van der Waals surface area contributed by atoms with Gasteiger partial charge in [-0.3, -0.25) is 4.90 Å². The molecule has 0 unspecified atom stereocenters. The molecule has 2 rings (SSSR count). The molecule has 0 fully saturated rings. The van der Waals surface area contributed by atoms with Crippen LogP contribution >= 0.6 is 11.6 Å². The third-order valence-corrected chi connectivity index (χ3v) is 3.33. The molecule has 0 bridgehead atoms. The van der Waals surface area contributed by atoms with Crippen molar-refractivity contribution in [2.24, 2.45) is 0 Å². The highest BCUT2D eigenvalue weighted by molar-refractivity contribution is 6.30. The van der Waals surface area contributed by atoms with Crippen LogP contribution in [0.4, 0.5) is 4.79 Å². The number of ether oxygens (including phenoxy) is 1. The number of allylic oxidation sites excluding steroid dienone is 1. The molecule has 22 heavy (non-hydrogen) atoms. The van der Waals surface area contributed by atoms with Crippen LogP contribution in [0.15, 0.2) is 48.3 Å². The third kappa shape index (κ3) is 4.02. The Bertz CT molecular complexity index is 680. The average Bonchev–Trinajstić information content (AvgIpc) is 2.95. The summed E-state index contributed by atoms with van der Waals surface area (Å²) in [4.78, 5) is 11.9. The molecular weight excluding hydrogens is 306 g/mol. The molecule has 1 aromatic heterocycles. The number of halogens is 1. The number of amides is 1. The average molecular weight is 322 g/mol. The van der Waals surface area contributed by atoms with Crippen LogP contribution in [-0.2, 0) is 0 Å². The Morgan fingerprint density at radius 3 is 2.73 bits per heavy atom. The van der Waals surface area contributed by atoms with Gasteiger partial charge in [-0.1, -0.05) is 11.6 Å². The Hall–Kier alpha value is -2.47. The summed E-state index contributed by atoms with van der Waals surface area (Å²) < 4.78 is 7.15. The standard InChI is InChI=1S/C15H16ClN3O3/c1-11(18(2)15(20)21)8-10-22-14-7-9-19(17-14)13-5-3-12(16)4-6-13/h3-9H,10H2,1-2H3,(H,20,21)/b11-8-. The van der Waals surface area contributed by atoms with Crippen molar-refractivity contribution in [1.82, 2.24) is 14.7 Å². The van der Waals surface area contributed by atoms with Gasteiger partial charge in [-0.25, -0.2) is 9.48 Å². The number of hydrogen-bond acceptors (Lipinski definition) is 3. The van der Waals surface area contributed by atoms with E-state index < -0.39 is 6.09 Å². The van der Waals surface area contributed by atoms with E-state index in [0.29, 0.717) is 16.6 Å². The van der Waals surface area contributed by atoms with Crippen LogP contribution in [0.1, 0.15) is 6.92 Å². The number of nitrogens with zero attached hydrogens (tertiary/aromatic N) is 3. The first-order valence-electron chi connectivity index (χ1n) is 6.55. The molecule has 0 aliphatic carbocycles. The Labute approximate surface area is 133 Å². The van der Waals surface area contributed by atoms with Crippen molar-refractivity contribution in [3.05, 3.63) is 53.3 Å². The number of aromatic nitrogens is 2. The Balaban J connectivity index is 1.97. The zero-order valence-corrected chi connectivity index (χ0v) is 13.0. The molecule has 0 saturated carbocycles. The number of hydrogen-bond donors (Lipinski definition) is 1. The topological polar surface area (TPSA) is 67.6 Å². The minimum Gasteiger partial charge on any atom is -0.472 e. The van der Waals surface area contributed by atoms with Gasteiger partial charge in [0.2, 0.25) is 5.88 Å². The summed E-state index contributed by atoms with van der Waals surface area (Å²) >= 11 is 5.84. The van der Waals surface area contributed by atoms with Gasteiger partial charge >= 0.3 is 6.09 Å². The van der Waals surface area contributed by atoms with Crippen molar-refractivity contribution in [2.45, 2.75) is 6.92 Å². The van der Waals surface area contributed by atoms with E-state index in [9.17, 15) is 4.79 Å². The van der Waals surface area contributed by atoms with Crippen LogP contribution in [0.25, 0.3) is 5.69 Å². The highest BCUT2D eigenvalue weighted by Gasteiger charge is 2.07. The van der Waals surface area contributed by atoms with Crippen molar-refractivity contribution < 1.29 is 14.6 Å². The zero-order valence-electron chi connectivity index (χ0n) is 12.2. The summed E-state index contributed by atoms with van der Waals surface area (Å²) in [6.45, 7) is 1.94. The Morgan fingerprint density at radius 2 is 2.09 bits per heavy atom. The predicted octanol–water partition coefficient (Wildman–Crippen LogP) is 3.42. The van der Waals surface area contributed by atoms with E-state index in [1.165, 1.54) is 7.05 Å². The van der Waals surface area contributed by atoms with E-state index in [2.05, 4.69) is 5.10 Å². The quantitative estimate of drug-likeness (QED) is 0.916. The molecule has 0 saturated heterocycles. The molecule has 6 nitrogen and oxygen atoms in total. The lowest BCUT2D eigenvalue weighted by atomic mass is 10.3. The van der Waals surface area contributed by atoms with Crippen molar-refractivity contribution in [1.29, 1.82) is 0 Å². The molecule has 1 aromatic carbocycles. The number of benzene rings is 1. The first-order valence-corrected chi connectivity index (χ1v) is 6.93. The van der Waals surface area contributed by atoms with Crippen LogP contribution in [0, 0.1) is 0 Å². The monoisotopic (exact) mass is 321 g/mol. The first kappa shape index (κ1) is 15.9. The highest BCUT2D eigenvalue weighted by Crippen LogP contribution is 2.15. The minimum absolute atomic E-state index is 0.237. The van der Waals surface area contributed by atoms with E-state index in [4.69, 9.17) is 21.4 Å². The van der Waals surface area contributed by atoms with Crippen LogP contribution in [0.2, 0.25) is 5.02 Å². The van der Waals surface area contributed by atoms with Gasteiger partial charge in [-0.05, 0) is 37.3 Å². The number of carboxylic acid groups (broad SMARTS) is 1. The maximum atomic E-state index is 10.8. The number of rotatable bonds is 5. The van der Waals surface area contributed by atoms with Crippen molar-refractivity contribution in [3.63, 3.8) is 0 Å². The second kappa shape index (κ2) is 7.00. The van der Waals surface area contributed by atoms with E-state index in [1.807, 2.05) is 12.1 Å². The summed E-state index contributed by atoms with van der Waals surface area (Å²) in [6.07, 6.45) is 2.44. The summed E-state index contributed by atoms with van der Waals surface area (Å²) in [6, 6.07) is 9.01.